The van der Waals surface area contributed by atoms with Crippen molar-refractivity contribution in [2.24, 2.45) is 0 Å². The number of ketones is 1. The minimum absolute atomic E-state index is 0.116. The average Bonchev–Trinajstić information content (AvgIpc) is 2.17. The zero-order valence-electron chi connectivity index (χ0n) is 8.29. The molecule has 0 saturated carbocycles. The zero-order chi connectivity index (χ0) is 9.84. The minimum atomic E-state index is 0.116. The third-order valence-corrected chi connectivity index (χ3v) is 2.16. The van der Waals surface area contributed by atoms with Gasteiger partial charge in [0.1, 0.15) is 0 Å². The molecule has 0 aliphatic heterocycles. The Hall–Kier alpha value is -1.37. The van der Waals surface area contributed by atoms with E-state index in [4.69, 9.17) is 0 Å². The van der Waals surface area contributed by atoms with Crippen molar-refractivity contribution < 1.29 is 4.79 Å². The number of Topliss-reactive ketones (excluding diaryl/α,β-unsaturated/α-hetero) is 1. The maximum Gasteiger partial charge on any atom is 0.159 e. The summed E-state index contributed by atoms with van der Waals surface area (Å²) in [6.45, 7) is 5.62. The summed E-state index contributed by atoms with van der Waals surface area (Å²) in [7, 11) is 0. The van der Waals surface area contributed by atoms with Gasteiger partial charge < -0.3 is 0 Å². The largest absolute Gasteiger partial charge is 0.295 e. The number of carbonyl (C=O) groups is 1. The summed E-state index contributed by atoms with van der Waals surface area (Å²) < 4.78 is 0. The summed E-state index contributed by atoms with van der Waals surface area (Å²) in [5, 5.41) is 0. The molecular formula is C12H14O. The quantitative estimate of drug-likeness (QED) is 0.628. The maximum absolute atomic E-state index is 11.1. The van der Waals surface area contributed by atoms with Gasteiger partial charge in [-0.25, -0.2) is 0 Å². The first-order valence-electron chi connectivity index (χ1n) is 4.39. The molecule has 1 rings (SSSR count). The normalized spacial score (nSPS) is 11.5. The molecule has 0 aromatic heterocycles. The van der Waals surface area contributed by atoms with Crippen molar-refractivity contribution >= 4 is 11.4 Å². The van der Waals surface area contributed by atoms with E-state index in [2.05, 4.69) is 0 Å². The lowest BCUT2D eigenvalue weighted by atomic mass is 10.0. The average molecular weight is 174 g/mol. The van der Waals surface area contributed by atoms with Gasteiger partial charge in [-0.15, -0.1) is 0 Å². The van der Waals surface area contributed by atoms with Gasteiger partial charge in [-0.1, -0.05) is 24.3 Å². The van der Waals surface area contributed by atoms with Crippen molar-refractivity contribution in [1.29, 1.82) is 0 Å². The minimum Gasteiger partial charge on any atom is -0.295 e. The predicted molar refractivity (Wildman–Crippen MR) is 55.8 cm³/mol. The summed E-state index contributed by atoms with van der Waals surface area (Å²) in [6, 6.07) is 7.70. The highest BCUT2D eigenvalue weighted by molar-refractivity contribution is 5.94. The van der Waals surface area contributed by atoms with Crippen LogP contribution in [0.4, 0.5) is 0 Å². The van der Waals surface area contributed by atoms with E-state index >= 15 is 0 Å². The van der Waals surface area contributed by atoms with Gasteiger partial charge in [0, 0.05) is 5.56 Å². The molecule has 0 saturated heterocycles. The van der Waals surface area contributed by atoms with Crippen LogP contribution in [-0.2, 0) is 0 Å². The Kier molecular flexibility index (Phi) is 3.02. The summed E-state index contributed by atoms with van der Waals surface area (Å²) in [5.41, 5.74) is 3.09. The van der Waals surface area contributed by atoms with E-state index in [1.807, 2.05) is 44.2 Å². The fourth-order valence-corrected chi connectivity index (χ4v) is 1.15. The van der Waals surface area contributed by atoms with E-state index in [0.717, 1.165) is 11.1 Å². The first-order valence-corrected chi connectivity index (χ1v) is 4.39. The second kappa shape index (κ2) is 4.04. The SMILES string of the molecule is C/C=C(/C)c1cccc(C(C)=O)c1. The lowest BCUT2D eigenvalue weighted by Crippen LogP contribution is -1.92. The smallest absolute Gasteiger partial charge is 0.159 e. The van der Waals surface area contributed by atoms with Crippen LogP contribution < -0.4 is 0 Å². The van der Waals surface area contributed by atoms with Gasteiger partial charge in [0.15, 0.2) is 5.78 Å². The Balaban J connectivity index is 3.13. The van der Waals surface area contributed by atoms with Gasteiger partial charge in [0.2, 0.25) is 0 Å². The maximum atomic E-state index is 11.1. The Morgan fingerprint density at radius 2 is 1.85 bits per heavy atom. The molecule has 0 spiro atoms. The summed E-state index contributed by atoms with van der Waals surface area (Å²) in [5.74, 6) is 0.116. The van der Waals surface area contributed by atoms with Crippen LogP contribution in [0.3, 0.4) is 0 Å². The highest BCUT2D eigenvalue weighted by Crippen LogP contribution is 2.15. The molecule has 0 atom stereocenters. The van der Waals surface area contributed by atoms with E-state index < -0.39 is 0 Å². The number of allylic oxidation sites excluding steroid dienone is 2. The molecule has 0 radical (unpaired) electrons. The fourth-order valence-electron chi connectivity index (χ4n) is 1.15. The van der Waals surface area contributed by atoms with Crippen LogP contribution in [0.5, 0.6) is 0 Å². The molecule has 0 unspecified atom stereocenters. The fraction of sp³-hybridized carbons (Fsp3) is 0.250. The Morgan fingerprint density at radius 3 is 2.38 bits per heavy atom. The molecule has 0 N–H and O–H groups in total. The van der Waals surface area contributed by atoms with E-state index in [-0.39, 0.29) is 5.78 Å². The molecular weight excluding hydrogens is 160 g/mol. The van der Waals surface area contributed by atoms with E-state index in [0.29, 0.717) is 0 Å². The van der Waals surface area contributed by atoms with Gasteiger partial charge >= 0.3 is 0 Å². The molecule has 0 amide bonds. The lowest BCUT2D eigenvalue weighted by molar-refractivity contribution is 0.101. The molecule has 0 aliphatic carbocycles. The molecule has 1 heteroatoms. The van der Waals surface area contributed by atoms with Crippen molar-refractivity contribution in [1.82, 2.24) is 0 Å². The van der Waals surface area contributed by atoms with Gasteiger partial charge in [-0.2, -0.15) is 0 Å². The second-order valence-electron chi connectivity index (χ2n) is 3.11. The molecule has 68 valence electrons. The van der Waals surface area contributed by atoms with Crippen LogP contribution >= 0.6 is 0 Å². The van der Waals surface area contributed by atoms with Crippen LogP contribution in [0.25, 0.3) is 5.57 Å². The van der Waals surface area contributed by atoms with Crippen molar-refractivity contribution in [3.63, 3.8) is 0 Å². The lowest BCUT2D eigenvalue weighted by Gasteiger charge is -2.02. The number of rotatable bonds is 2. The van der Waals surface area contributed by atoms with Gasteiger partial charge in [-0.05, 0) is 38.0 Å². The summed E-state index contributed by atoms with van der Waals surface area (Å²) >= 11 is 0. The first kappa shape index (κ1) is 9.72. The van der Waals surface area contributed by atoms with Crippen molar-refractivity contribution in [3.05, 3.63) is 41.5 Å². The van der Waals surface area contributed by atoms with Crippen LogP contribution in [0.1, 0.15) is 36.7 Å². The van der Waals surface area contributed by atoms with Crippen molar-refractivity contribution in [2.45, 2.75) is 20.8 Å². The van der Waals surface area contributed by atoms with Crippen molar-refractivity contribution in [3.8, 4) is 0 Å². The standard InChI is InChI=1S/C12H14O/c1-4-9(2)11-6-5-7-12(8-11)10(3)13/h4-8H,1-3H3/b9-4-. The molecule has 1 aromatic rings. The summed E-state index contributed by atoms with van der Waals surface area (Å²) in [6.07, 6.45) is 2.04. The third-order valence-electron chi connectivity index (χ3n) is 2.16. The monoisotopic (exact) mass is 174 g/mol. The van der Waals surface area contributed by atoms with Gasteiger partial charge in [-0.3, -0.25) is 4.79 Å². The van der Waals surface area contributed by atoms with E-state index in [1.54, 1.807) is 6.92 Å². The van der Waals surface area contributed by atoms with E-state index in [1.165, 1.54) is 5.57 Å². The summed E-state index contributed by atoms with van der Waals surface area (Å²) in [4.78, 5) is 11.1. The number of hydrogen-bond donors (Lipinski definition) is 0. The zero-order valence-corrected chi connectivity index (χ0v) is 8.29. The molecule has 13 heavy (non-hydrogen) atoms. The number of hydrogen-bond acceptors (Lipinski definition) is 1. The highest BCUT2D eigenvalue weighted by atomic mass is 16.1. The van der Waals surface area contributed by atoms with Gasteiger partial charge in [0.05, 0.1) is 0 Å². The first-order chi connectivity index (χ1) is 6.15. The number of benzene rings is 1. The molecule has 1 nitrogen and oxygen atoms in total. The molecule has 0 heterocycles. The van der Waals surface area contributed by atoms with Crippen LogP contribution in [0, 0.1) is 0 Å². The third kappa shape index (κ3) is 2.28. The van der Waals surface area contributed by atoms with Crippen LogP contribution in [0.15, 0.2) is 30.3 Å². The molecule has 1 aromatic carbocycles. The van der Waals surface area contributed by atoms with Gasteiger partial charge in [0.25, 0.3) is 0 Å². The number of carbonyl (C=O) groups excluding carboxylic acids is 1. The van der Waals surface area contributed by atoms with E-state index in [9.17, 15) is 4.79 Å². The molecule has 0 bridgehead atoms. The topological polar surface area (TPSA) is 17.1 Å². The Bertz CT molecular complexity index is 348. The van der Waals surface area contributed by atoms with Crippen LogP contribution in [0.2, 0.25) is 0 Å². The Labute approximate surface area is 79.1 Å². The highest BCUT2D eigenvalue weighted by Gasteiger charge is 2.00. The predicted octanol–water partition coefficient (Wildman–Crippen LogP) is 3.31. The van der Waals surface area contributed by atoms with Crippen LogP contribution in [-0.4, -0.2) is 5.78 Å². The second-order valence-corrected chi connectivity index (χ2v) is 3.11. The molecule has 0 fully saturated rings. The molecule has 0 aliphatic rings. The van der Waals surface area contributed by atoms with Crippen molar-refractivity contribution in [2.75, 3.05) is 0 Å². The Morgan fingerprint density at radius 1 is 1.23 bits per heavy atom.